The molecule has 0 radical (unpaired) electrons. The lowest BCUT2D eigenvalue weighted by molar-refractivity contribution is -0.119. The molecule has 1 aromatic rings. The fraction of sp³-hybridized carbons (Fsp3) is 0.500. The van der Waals surface area contributed by atoms with E-state index >= 15 is 0 Å². The molecule has 1 amide bonds. The van der Waals surface area contributed by atoms with Crippen LogP contribution in [0.5, 0.6) is 5.75 Å². The lowest BCUT2D eigenvalue weighted by Crippen LogP contribution is -2.35. The highest BCUT2D eigenvalue weighted by molar-refractivity contribution is 5.94. The molecule has 1 aromatic carbocycles. The van der Waals surface area contributed by atoms with Gasteiger partial charge in [-0.25, -0.2) is 0 Å². The fourth-order valence-electron chi connectivity index (χ4n) is 2.23. The van der Waals surface area contributed by atoms with Crippen LogP contribution >= 0.6 is 0 Å². The van der Waals surface area contributed by atoms with Crippen molar-refractivity contribution in [2.75, 3.05) is 18.1 Å². The number of hydrogen-bond acceptors (Lipinski definition) is 3. The van der Waals surface area contributed by atoms with Gasteiger partial charge in [0, 0.05) is 24.2 Å². The minimum Gasteiger partial charge on any atom is -0.494 e. The van der Waals surface area contributed by atoms with E-state index in [9.17, 15) is 9.90 Å². The Morgan fingerprint density at radius 2 is 2.22 bits per heavy atom. The molecule has 0 saturated carbocycles. The summed E-state index contributed by atoms with van der Waals surface area (Å²) in [5, 5.41) is 9.35. The Kier molecular flexibility index (Phi) is 4.20. The van der Waals surface area contributed by atoms with Crippen LogP contribution in [0, 0.1) is 0 Å². The van der Waals surface area contributed by atoms with E-state index in [2.05, 4.69) is 0 Å². The number of amides is 1. The highest BCUT2D eigenvalue weighted by atomic mass is 16.5. The van der Waals surface area contributed by atoms with Gasteiger partial charge in [-0.3, -0.25) is 4.79 Å². The number of ether oxygens (including phenoxy) is 1. The normalized spacial score (nSPS) is 15.9. The second kappa shape index (κ2) is 5.87. The average Bonchev–Trinajstić information content (AvgIpc) is 2.40. The molecule has 1 saturated heterocycles. The summed E-state index contributed by atoms with van der Waals surface area (Å²) in [4.78, 5) is 13.6. The van der Waals surface area contributed by atoms with Gasteiger partial charge in [-0.2, -0.15) is 0 Å². The molecule has 0 atom stereocenters. The Labute approximate surface area is 107 Å². The van der Waals surface area contributed by atoms with Crippen molar-refractivity contribution in [2.24, 2.45) is 0 Å². The van der Waals surface area contributed by atoms with Gasteiger partial charge in [0.15, 0.2) is 0 Å². The van der Waals surface area contributed by atoms with Gasteiger partial charge in [-0.1, -0.05) is 0 Å². The molecule has 1 N–H and O–H groups in total. The number of piperidine rings is 1. The van der Waals surface area contributed by atoms with Crippen molar-refractivity contribution in [1.29, 1.82) is 0 Å². The Morgan fingerprint density at radius 3 is 2.89 bits per heavy atom. The van der Waals surface area contributed by atoms with E-state index in [1.165, 1.54) is 0 Å². The Hall–Kier alpha value is -1.55. The number of hydrogen-bond donors (Lipinski definition) is 1. The topological polar surface area (TPSA) is 49.8 Å². The maximum atomic E-state index is 11.8. The summed E-state index contributed by atoms with van der Waals surface area (Å²) in [5.41, 5.74) is 1.58. The smallest absolute Gasteiger partial charge is 0.226 e. The number of benzene rings is 1. The maximum absolute atomic E-state index is 11.8. The lowest BCUT2D eigenvalue weighted by atomic mass is 10.1. The molecule has 98 valence electrons. The third-order valence-electron chi connectivity index (χ3n) is 3.15. The fourth-order valence-corrected chi connectivity index (χ4v) is 2.23. The van der Waals surface area contributed by atoms with Gasteiger partial charge in [0.2, 0.25) is 5.91 Å². The molecule has 0 unspecified atom stereocenters. The first-order valence-electron chi connectivity index (χ1n) is 6.43. The quantitative estimate of drug-likeness (QED) is 0.889. The summed E-state index contributed by atoms with van der Waals surface area (Å²) in [6.07, 6.45) is 2.62. The van der Waals surface area contributed by atoms with E-state index in [0.29, 0.717) is 18.8 Å². The summed E-state index contributed by atoms with van der Waals surface area (Å²) < 4.78 is 5.43. The zero-order valence-electron chi connectivity index (χ0n) is 10.7. The average molecular weight is 249 g/mol. The molecule has 0 spiro atoms. The van der Waals surface area contributed by atoms with Gasteiger partial charge in [0.1, 0.15) is 5.75 Å². The highest BCUT2D eigenvalue weighted by Gasteiger charge is 2.20. The standard InChI is InChI=1S/C14H19NO3/c1-2-18-13-7-6-12(9-11(13)10-16)15-8-4-3-5-14(15)17/h6-7,9,16H,2-5,8,10H2,1H3. The van der Waals surface area contributed by atoms with Crippen molar-refractivity contribution in [3.8, 4) is 5.75 Å². The number of rotatable bonds is 4. The zero-order chi connectivity index (χ0) is 13.0. The van der Waals surface area contributed by atoms with Crippen LogP contribution in [0.3, 0.4) is 0 Å². The van der Waals surface area contributed by atoms with Crippen molar-refractivity contribution >= 4 is 11.6 Å². The molecule has 0 aromatic heterocycles. The largest absolute Gasteiger partial charge is 0.494 e. The van der Waals surface area contributed by atoms with Gasteiger partial charge in [0.05, 0.1) is 13.2 Å². The van der Waals surface area contributed by atoms with Crippen molar-refractivity contribution in [2.45, 2.75) is 32.8 Å². The molecule has 1 heterocycles. The van der Waals surface area contributed by atoms with Crippen LogP contribution in [0.1, 0.15) is 31.7 Å². The number of nitrogens with zero attached hydrogens (tertiary/aromatic N) is 1. The second-order valence-corrected chi connectivity index (χ2v) is 4.39. The Balaban J connectivity index is 2.25. The van der Waals surface area contributed by atoms with Gasteiger partial charge in [-0.15, -0.1) is 0 Å². The van der Waals surface area contributed by atoms with Crippen molar-refractivity contribution < 1.29 is 14.6 Å². The van der Waals surface area contributed by atoms with Gasteiger partial charge in [0.25, 0.3) is 0 Å². The van der Waals surface area contributed by atoms with Crippen LogP contribution in [0.4, 0.5) is 5.69 Å². The van der Waals surface area contributed by atoms with E-state index in [1.54, 1.807) is 4.90 Å². The third-order valence-corrected chi connectivity index (χ3v) is 3.15. The molecule has 4 heteroatoms. The number of carbonyl (C=O) groups excluding carboxylic acids is 1. The van der Waals surface area contributed by atoms with Crippen LogP contribution in [0.15, 0.2) is 18.2 Å². The molecule has 1 aliphatic rings. The molecule has 0 aliphatic carbocycles. The molecule has 1 aliphatic heterocycles. The number of carbonyl (C=O) groups is 1. The minimum absolute atomic E-state index is 0.0782. The van der Waals surface area contributed by atoms with Gasteiger partial charge < -0.3 is 14.7 Å². The van der Waals surface area contributed by atoms with E-state index in [1.807, 2.05) is 25.1 Å². The molecule has 2 rings (SSSR count). The molecule has 18 heavy (non-hydrogen) atoms. The Bertz CT molecular complexity index is 431. The second-order valence-electron chi connectivity index (χ2n) is 4.39. The maximum Gasteiger partial charge on any atom is 0.226 e. The van der Waals surface area contributed by atoms with E-state index in [4.69, 9.17) is 4.74 Å². The van der Waals surface area contributed by atoms with Crippen LogP contribution in [0.2, 0.25) is 0 Å². The monoisotopic (exact) mass is 249 g/mol. The lowest BCUT2D eigenvalue weighted by Gasteiger charge is -2.27. The minimum atomic E-state index is -0.0782. The summed E-state index contributed by atoms with van der Waals surface area (Å²) in [6.45, 7) is 3.15. The zero-order valence-corrected chi connectivity index (χ0v) is 10.7. The van der Waals surface area contributed by atoms with Crippen molar-refractivity contribution in [3.05, 3.63) is 23.8 Å². The van der Waals surface area contributed by atoms with Crippen LogP contribution in [0.25, 0.3) is 0 Å². The SMILES string of the molecule is CCOc1ccc(N2CCCCC2=O)cc1CO. The first-order valence-corrected chi connectivity index (χ1v) is 6.43. The third kappa shape index (κ3) is 2.64. The first-order chi connectivity index (χ1) is 8.76. The summed E-state index contributed by atoms with van der Waals surface area (Å²) in [5.74, 6) is 0.850. The van der Waals surface area contributed by atoms with Crippen molar-refractivity contribution in [1.82, 2.24) is 0 Å². The Morgan fingerprint density at radius 1 is 1.39 bits per heavy atom. The number of aliphatic hydroxyl groups excluding tert-OH is 1. The van der Waals surface area contributed by atoms with Crippen molar-refractivity contribution in [3.63, 3.8) is 0 Å². The van der Waals surface area contributed by atoms with Gasteiger partial charge >= 0.3 is 0 Å². The van der Waals surface area contributed by atoms with Crippen LogP contribution < -0.4 is 9.64 Å². The van der Waals surface area contributed by atoms with Crippen LogP contribution in [-0.4, -0.2) is 24.2 Å². The van der Waals surface area contributed by atoms with Gasteiger partial charge in [-0.05, 0) is 38.0 Å². The molecular weight excluding hydrogens is 230 g/mol. The predicted molar refractivity (Wildman–Crippen MR) is 69.7 cm³/mol. The van der Waals surface area contributed by atoms with E-state index < -0.39 is 0 Å². The summed E-state index contributed by atoms with van der Waals surface area (Å²) in [6, 6.07) is 5.55. The van der Waals surface area contributed by atoms with Crippen LogP contribution in [-0.2, 0) is 11.4 Å². The number of aliphatic hydroxyl groups is 1. The molecule has 1 fully saturated rings. The molecule has 0 bridgehead atoms. The summed E-state index contributed by atoms with van der Waals surface area (Å²) >= 11 is 0. The summed E-state index contributed by atoms with van der Waals surface area (Å²) in [7, 11) is 0. The first kappa shape index (κ1) is 12.9. The molecule has 4 nitrogen and oxygen atoms in total. The van der Waals surface area contributed by atoms with E-state index in [-0.39, 0.29) is 12.5 Å². The molecular formula is C14H19NO3. The predicted octanol–water partition coefficient (Wildman–Crippen LogP) is 2.09. The highest BCUT2D eigenvalue weighted by Crippen LogP contribution is 2.27. The number of anilines is 1. The van der Waals surface area contributed by atoms with E-state index in [0.717, 1.165) is 30.6 Å².